The van der Waals surface area contributed by atoms with E-state index in [1.807, 2.05) is 24.3 Å². The maximum atomic E-state index is 14.3. The molecule has 2 N–H and O–H groups in total. The van der Waals surface area contributed by atoms with Gasteiger partial charge in [0.2, 0.25) is 11.8 Å². The summed E-state index contributed by atoms with van der Waals surface area (Å²) in [6, 6.07) is 29.0. The van der Waals surface area contributed by atoms with Crippen LogP contribution in [0.4, 0.5) is 0 Å². The van der Waals surface area contributed by atoms with Crippen LogP contribution in [0.2, 0.25) is 0 Å². The fraction of sp³-hybridized carbons (Fsp3) is 0.0952. The summed E-state index contributed by atoms with van der Waals surface area (Å²) in [6.45, 7) is 0. The minimum atomic E-state index is -1.18. The van der Waals surface area contributed by atoms with Gasteiger partial charge in [-0.1, -0.05) is 84.9 Å². The van der Waals surface area contributed by atoms with Crippen LogP contribution in [0, 0.1) is 0 Å². The van der Waals surface area contributed by atoms with Crippen molar-refractivity contribution in [3.8, 4) is 0 Å². The molecule has 0 spiro atoms. The van der Waals surface area contributed by atoms with Crippen molar-refractivity contribution in [1.29, 1.82) is 0 Å². The monoisotopic (exact) mass is 684 g/mol. The molecular formula is C42H28N4O6. The number of amides is 6. The number of likely N-dealkylation sites (N-methyl/N-ethyl adjacent to an activating group) is 2. The molecule has 0 aromatic heterocycles. The van der Waals surface area contributed by atoms with Crippen molar-refractivity contribution < 1.29 is 28.8 Å². The van der Waals surface area contributed by atoms with Crippen LogP contribution < -0.4 is 10.6 Å². The number of benzene rings is 7. The van der Waals surface area contributed by atoms with Crippen molar-refractivity contribution in [2.45, 2.75) is 12.1 Å². The molecule has 6 amide bonds. The van der Waals surface area contributed by atoms with Crippen LogP contribution in [0.15, 0.2) is 109 Å². The number of carbonyl (C=O) groups excluding carboxylic acids is 6. The zero-order chi connectivity index (χ0) is 36.0. The fourth-order valence-electron chi connectivity index (χ4n) is 8.15. The lowest BCUT2D eigenvalue weighted by atomic mass is 9.81. The third-order valence-corrected chi connectivity index (χ3v) is 10.4. The van der Waals surface area contributed by atoms with Gasteiger partial charge in [0.1, 0.15) is 12.1 Å². The number of nitrogens with zero attached hydrogens (tertiary/aromatic N) is 2. The standard InChI is InChI=1S/C42H28N4O6/c1-43-37(47)35(21-9-5-3-6-10-21)45-39(49)27-17-13-23-25-15-19-29-34-30(20-16-26(32(25)34)24-14-18-28(40(45)50)33(27)31(23)24)42(52)46(41(29)51)36(38(48)44-2)22-11-7-4-8-12-22/h3-20,35-36H,1-2H3,(H,43,47)(H,44,48)/t35-,36-/m1/s1. The highest BCUT2D eigenvalue weighted by molar-refractivity contribution is 6.41. The van der Waals surface area contributed by atoms with Gasteiger partial charge in [0.25, 0.3) is 23.6 Å². The molecule has 0 fully saturated rings. The quantitative estimate of drug-likeness (QED) is 0.127. The first kappa shape index (κ1) is 31.1. The molecule has 0 radical (unpaired) electrons. The average molecular weight is 685 g/mol. The Morgan fingerprint density at radius 3 is 0.981 bits per heavy atom. The van der Waals surface area contributed by atoms with Crippen molar-refractivity contribution in [3.63, 3.8) is 0 Å². The van der Waals surface area contributed by atoms with E-state index < -0.39 is 47.5 Å². The maximum Gasteiger partial charge on any atom is 0.262 e. The Morgan fingerprint density at radius 1 is 0.423 bits per heavy atom. The minimum absolute atomic E-state index is 0.288. The van der Waals surface area contributed by atoms with E-state index >= 15 is 0 Å². The summed E-state index contributed by atoms with van der Waals surface area (Å²) in [5.74, 6) is -3.34. The predicted molar refractivity (Wildman–Crippen MR) is 195 cm³/mol. The largest absolute Gasteiger partial charge is 0.357 e. The smallest absolute Gasteiger partial charge is 0.262 e. The first-order chi connectivity index (χ1) is 25.3. The summed E-state index contributed by atoms with van der Waals surface area (Å²) >= 11 is 0. The van der Waals surface area contributed by atoms with Crippen molar-refractivity contribution in [3.05, 3.63) is 143 Å². The Morgan fingerprint density at radius 2 is 0.712 bits per heavy atom. The van der Waals surface area contributed by atoms with E-state index in [1.54, 1.807) is 84.9 Å². The Hall–Kier alpha value is -6.94. The molecule has 252 valence electrons. The number of fused-ring (bicyclic) bond motifs is 2. The molecular weight excluding hydrogens is 656 g/mol. The lowest BCUT2D eigenvalue weighted by Crippen LogP contribution is -2.48. The van der Waals surface area contributed by atoms with Gasteiger partial charge in [-0.05, 0) is 67.7 Å². The van der Waals surface area contributed by atoms with Crippen LogP contribution >= 0.6 is 0 Å². The maximum absolute atomic E-state index is 14.3. The minimum Gasteiger partial charge on any atom is -0.357 e. The zero-order valence-electron chi connectivity index (χ0n) is 27.9. The lowest BCUT2D eigenvalue weighted by molar-refractivity contribution is -0.125. The SMILES string of the molecule is CNC(=O)[C@@H](c1ccccc1)N1C(=O)c2ccc3c4ccc5c6c(ccc(c7ccc(c2c37)C1=O)c64)C(=O)N([C@@H](C(=O)NC)c1ccccc1)C5=O. The highest BCUT2D eigenvalue weighted by atomic mass is 16.2. The molecule has 7 aromatic rings. The van der Waals surface area contributed by atoms with Gasteiger partial charge in [-0.2, -0.15) is 0 Å². The Kier molecular flexibility index (Phi) is 6.75. The number of hydrogen-bond acceptors (Lipinski definition) is 6. The Labute approximate surface area is 295 Å². The lowest BCUT2D eigenvalue weighted by Gasteiger charge is -2.34. The molecule has 0 aliphatic carbocycles. The van der Waals surface area contributed by atoms with Gasteiger partial charge >= 0.3 is 0 Å². The van der Waals surface area contributed by atoms with E-state index in [1.165, 1.54) is 14.1 Å². The van der Waals surface area contributed by atoms with Crippen molar-refractivity contribution >= 4 is 78.5 Å². The molecule has 52 heavy (non-hydrogen) atoms. The molecule has 2 heterocycles. The van der Waals surface area contributed by atoms with Crippen molar-refractivity contribution in [1.82, 2.24) is 20.4 Å². The van der Waals surface area contributed by atoms with Gasteiger partial charge in [0, 0.05) is 47.1 Å². The Bertz CT molecular complexity index is 2430. The van der Waals surface area contributed by atoms with E-state index in [0.29, 0.717) is 32.7 Å². The van der Waals surface area contributed by atoms with Crippen LogP contribution in [0.5, 0.6) is 0 Å². The summed E-state index contributed by atoms with van der Waals surface area (Å²) in [6.07, 6.45) is 0. The first-order valence-electron chi connectivity index (χ1n) is 16.8. The number of nitrogens with one attached hydrogen (secondary N) is 2. The van der Waals surface area contributed by atoms with E-state index in [4.69, 9.17) is 0 Å². The number of carbonyl (C=O) groups is 6. The van der Waals surface area contributed by atoms with Crippen molar-refractivity contribution in [2.24, 2.45) is 0 Å². The van der Waals surface area contributed by atoms with Gasteiger partial charge in [0.15, 0.2) is 0 Å². The summed E-state index contributed by atoms with van der Waals surface area (Å²) in [5, 5.41) is 10.5. The topological polar surface area (TPSA) is 133 Å². The van der Waals surface area contributed by atoms with Crippen LogP contribution in [-0.2, 0) is 9.59 Å². The third-order valence-electron chi connectivity index (χ3n) is 10.4. The van der Waals surface area contributed by atoms with E-state index in [2.05, 4.69) is 10.6 Å². The third kappa shape index (κ3) is 4.06. The second-order valence-corrected chi connectivity index (χ2v) is 13.0. The number of rotatable bonds is 6. The molecule has 10 nitrogen and oxygen atoms in total. The molecule has 9 rings (SSSR count). The highest BCUT2D eigenvalue weighted by Crippen LogP contribution is 2.47. The molecule has 10 heteroatoms. The molecule has 2 aliphatic rings. The molecule has 7 aromatic carbocycles. The van der Waals surface area contributed by atoms with Crippen LogP contribution in [0.3, 0.4) is 0 Å². The van der Waals surface area contributed by atoms with Crippen LogP contribution in [0.1, 0.15) is 64.6 Å². The summed E-state index contributed by atoms with van der Waals surface area (Å²) in [4.78, 5) is 85.7. The molecule has 0 saturated heterocycles. The van der Waals surface area contributed by atoms with Gasteiger partial charge in [-0.3, -0.25) is 38.6 Å². The molecule has 0 unspecified atom stereocenters. The summed E-state index contributed by atoms with van der Waals surface area (Å²) in [5.41, 5.74) is 2.15. The van der Waals surface area contributed by atoms with Crippen LogP contribution in [-0.4, -0.2) is 59.3 Å². The van der Waals surface area contributed by atoms with Gasteiger partial charge in [0.05, 0.1) is 0 Å². The van der Waals surface area contributed by atoms with E-state index in [-0.39, 0.29) is 22.3 Å². The van der Waals surface area contributed by atoms with Gasteiger partial charge in [-0.15, -0.1) is 0 Å². The predicted octanol–water partition coefficient (Wildman–Crippen LogP) is 5.90. The molecule has 2 aliphatic heterocycles. The fourth-order valence-corrected chi connectivity index (χ4v) is 8.15. The van der Waals surface area contributed by atoms with Crippen molar-refractivity contribution in [2.75, 3.05) is 14.1 Å². The highest BCUT2D eigenvalue weighted by Gasteiger charge is 2.44. The molecule has 2 atom stereocenters. The molecule has 0 saturated carbocycles. The molecule has 0 bridgehead atoms. The number of hydrogen-bond donors (Lipinski definition) is 2. The van der Waals surface area contributed by atoms with E-state index in [9.17, 15) is 28.8 Å². The van der Waals surface area contributed by atoms with Gasteiger partial charge in [-0.25, -0.2) is 0 Å². The van der Waals surface area contributed by atoms with E-state index in [0.717, 1.165) is 31.3 Å². The van der Waals surface area contributed by atoms with Crippen LogP contribution in [0.25, 0.3) is 43.1 Å². The average Bonchev–Trinajstić information content (AvgIpc) is 3.18. The number of imide groups is 2. The second kappa shape index (κ2) is 11.3. The summed E-state index contributed by atoms with van der Waals surface area (Å²) in [7, 11) is 2.93. The van der Waals surface area contributed by atoms with Gasteiger partial charge < -0.3 is 10.6 Å². The zero-order valence-corrected chi connectivity index (χ0v) is 27.9. The summed E-state index contributed by atoms with van der Waals surface area (Å²) < 4.78 is 0. The normalized spacial score (nSPS) is 15.2. The second-order valence-electron chi connectivity index (χ2n) is 13.0. The first-order valence-corrected chi connectivity index (χ1v) is 16.8. The Balaban J connectivity index is 1.25.